The molecule has 0 heterocycles. The van der Waals surface area contributed by atoms with Crippen LogP contribution in [0.25, 0.3) is 0 Å². The molecule has 0 saturated heterocycles. The molecule has 0 aromatic heterocycles. The topological polar surface area (TPSA) is 15.3 Å². The summed E-state index contributed by atoms with van der Waals surface area (Å²) in [6.07, 6.45) is 2.57. The molecule has 0 aromatic carbocycles. The second kappa shape index (κ2) is 7.38. The standard InChI is InChI=1S/C15H34N2/c1-8-11-15(7,12-16-14(4,5)6)13-17(9-2)10-3/h16H,8-13H2,1-7H3. The molecular formula is C15H34N2. The van der Waals surface area contributed by atoms with Crippen LogP contribution in [0, 0.1) is 5.41 Å². The highest BCUT2D eigenvalue weighted by atomic mass is 15.1. The molecule has 0 aliphatic rings. The lowest BCUT2D eigenvalue weighted by atomic mass is 9.84. The normalized spacial score (nSPS) is 16.2. The number of rotatable bonds is 8. The van der Waals surface area contributed by atoms with Crippen molar-refractivity contribution >= 4 is 0 Å². The van der Waals surface area contributed by atoms with Gasteiger partial charge in [-0.15, -0.1) is 0 Å². The van der Waals surface area contributed by atoms with Crippen molar-refractivity contribution in [3.05, 3.63) is 0 Å². The lowest BCUT2D eigenvalue weighted by Crippen LogP contribution is -2.47. The molecule has 1 unspecified atom stereocenters. The summed E-state index contributed by atoms with van der Waals surface area (Å²) in [6, 6.07) is 0. The largest absolute Gasteiger partial charge is 0.311 e. The summed E-state index contributed by atoms with van der Waals surface area (Å²) in [6.45, 7) is 20.6. The first-order valence-corrected chi connectivity index (χ1v) is 7.23. The van der Waals surface area contributed by atoms with Crippen molar-refractivity contribution in [3.63, 3.8) is 0 Å². The fraction of sp³-hybridized carbons (Fsp3) is 1.00. The van der Waals surface area contributed by atoms with Crippen LogP contribution in [0.2, 0.25) is 0 Å². The molecule has 17 heavy (non-hydrogen) atoms. The van der Waals surface area contributed by atoms with Gasteiger partial charge in [0, 0.05) is 18.6 Å². The molecule has 2 heteroatoms. The van der Waals surface area contributed by atoms with Gasteiger partial charge >= 0.3 is 0 Å². The van der Waals surface area contributed by atoms with Crippen LogP contribution in [-0.4, -0.2) is 36.6 Å². The molecule has 0 radical (unpaired) electrons. The summed E-state index contributed by atoms with van der Waals surface area (Å²) in [5.41, 5.74) is 0.617. The second-order valence-corrected chi connectivity index (χ2v) is 6.63. The molecule has 0 amide bonds. The summed E-state index contributed by atoms with van der Waals surface area (Å²) >= 11 is 0. The van der Waals surface area contributed by atoms with Crippen LogP contribution in [0.5, 0.6) is 0 Å². The van der Waals surface area contributed by atoms with E-state index in [0.29, 0.717) is 5.41 Å². The smallest absolute Gasteiger partial charge is 0.00967 e. The average molecular weight is 242 g/mol. The van der Waals surface area contributed by atoms with Gasteiger partial charge in [0.05, 0.1) is 0 Å². The summed E-state index contributed by atoms with van der Waals surface area (Å²) in [5.74, 6) is 0. The number of hydrogen-bond donors (Lipinski definition) is 1. The molecule has 1 N–H and O–H groups in total. The van der Waals surface area contributed by atoms with E-state index in [9.17, 15) is 0 Å². The van der Waals surface area contributed by atoms with E-state index >= 15 is 0 Å². The first-order chi connectivity index (χ1) is 7.76. The first kappa shape index (κ1) is 16.9. The summed E-state index contributed by atoms with van der Waals surface area (Å²) in [5, 5.41) is 3.67. The van der Waals surface area contributed by atoms with Crippen LogP contribution in [0.3, 0.4) is 0 Å². The molecule has 2 nitrogen and oxygen atoms in total. The lowest BCUT2D eigenvalue weighted by Gasteiger charge is -2.37. The van der Waals surface area contributed by atoms with Crippen LogP contribution in [0.1, 0.15) is 61.3 Å². The minimum absolute atomic E-state index is 0.220. The fourth-order valence-corrected chi connectivity index (χ4v) is 2.29. The maximum absolute atomic E-state index is 3.67. The Morgan fingerprint density at radius 2 is 1.47 bits per heavy atom. The quantitative estimate of drug-likeness (QED) is 0.700. The zero-order valence-electron chi connectivity index (χ0n) is 13.2. The third-order valence-electron chi connectivity index (χ3n) is 3.40. The van der Waals surface area contributed by atoms with Crippen LogP contribution in [0.4, 0.5) is 0 Å². The SMILES string of the molecule is CCCC(C)(CNC(C)(C)C)CN(CC)CC. The van der Waals surface area contributed by atoms with Crippen molar-refractivity contribution in [1.29, 1.82) is 0 Å². The van der Waals surface area contributed by atoms with Gasteiger partial charge in [0.1, 0.15) is 0 Å². The van der Waals surface area contributed by atoms with Crippen LogP contribution >= 0.6 is 0 Å². The van der Waals surface area contributed by atoms with Gasteiger partial charge in [0.2, 0.25) is 0 Å². The summed E-state index contributed by atoms with van der Waals surface area (Å²) in [4.78, 5) is 2.54. The van der Waals surface area contributed by atoms with Gasteiger partial charge in [0.15, 0.2) is 0 Å². The number of nitrogens with zero attached hydrogens (tertiary/aromatic N) is 1. The van der Waals surface area contributed by atoms with E-state index in [1.807, 2.05) is 0 Å². The lowest BCUT2D eigenvalue weighted by molar-refractivity contribution is 0.150. The molecule has 0 aliphatic carbocycles. The average Bonchev–Trinajstić information content (AvgIpc) is 2.23. The molecule has 0 spiro atoms. The molecule has 0 aliphatic heterocycles. The van der Waals surface area contributed by atoms with Gasteiger partial charge in [-0.05, 0) is 45.7 Å². The monoisotopic (exact) mass is 242 g/mol. The Bertz CT molecular complexity index is 192. The summed E-state index contributed by atoms with van der Waals surface area (Å²) < 4.78 is 0. The summed E-state index contributed by atoms with van der Waals surface area (Å²) in [7, 11) is 0. The van der Waals surface area contributed by atoms with Crippen LogP contribution in [-0.2, 0) is 0 Å². The highest BCUT2D eigenvalue weighted by Crippen LogP contribution is 2.24. The van der Waals surface area contributed by atoms with Gasteiger partial charge < -0.3 is 10.2 Å². The predicted molar refractivity (Wildman–Crippen MR) is 78.6 cm³/mol. The van der Waals surface area contributed by atoms with Gasteiger partial charge in [-0.25, -0.2) is 0 Å². The van der Waals surface area contributed by atoms with Gasteiger partial charge in [-0.3, -0.25) is 0 Å². The Balaban J connectivity index is 4.43. The Morgan fingerprint density at radius 1 is 0.941 bits per heavy atom. The zero-order chi connectivity index (χ0) is 13.5. The molecule has 104 valence electrons. The van der Waals surface area contributed by atoms with E-state index < -0.39 is 0 Å². The Morgan fingerprint density at radius 3 is 1.82 bits per heavy atom. The van der Waals surface area contributed by atoms with Gasteiger partial charge in [0.25, 0.3) is 0 Å². The van der Waals surface area contributed by atoms with Crippen molar-refractivity contribution in [2.24, 2.45) is 5.41 Å². The van der Waals surface area contributed by atoms with Crippen molar-refractivity contribution in [3.8, 4) is 0 Å². The van der Waals surface area contributed by atoms with Crippen LogP contribution < -0.4 is 5.32 Å². The van der Waals surface area contributed by atoms with Gasteiger partial charge in [-0.1, -0.05) is 34.1 Å². The maximum Gasteiger partial charge on any atom is 0.00967 e. The molecule has 0 saturated carbocycles. The van der Waals surface area contributed by atoms with E-state index in [-0.39, 0.29) is 5.54 Å². The molecular weight excluding hydrogens is 208 g/mol. The highest BCUT2D eigenvalue weighted by molar-refractivity contribution is 4.83. The first-order valence-electron chi connectivity index (χ1n) is 7.23. The minimum Gasteiger partial charge on any atom is -0.311 e. The second-order valence-electron chi connectivity index (χ2n) is 6.63. The molecule has 0 bridgehead atoms. The van der Waals surface area contributed by atoms with Crippen LogP contribution in [0.15, 0.2) is 0 Å². The molecule has 0 aromatic rings. The zero-order valence-corrected chi connectivity index (χ0v) is 13.2. The number of nitrogens with one attached hydrogen (secondary N) is 1. The Kier molecular flexibility index (Phi) is 7.34. The fourth-order valence-electron chi connectivity index (χ4n) is 2.29. The molecule has 0 fully saturated rings. The van der Waals surface area contributed by atoms with Crippen molar-refractivity contribution < 1.29 is 0 Å². The van der Waals surface area contributed by atoms with E-state index in [0.717, 1.165) is 19.6 Å². The van der Waals surface area contributed by atoms with Crippen molar-refractivity contribution in [2.75, 3.05) is 26.2 Å². The minimum atomic E-state index is 0.220. The van der Waals surface area contributed by atoms with E-state index in [1.54, 1.807) is 0 Å². The predicted octanol–water partition coefficient (Wildman–Crippen LogP) is 3.52. The van der Waals surface area contributed by atoms with E-state index in [1.165, 1.54) is 19.4 Å². The molecule has 1 atom stereocenters. The number of hydrogen-bond acceptors (Lipinski definition) is 2. The maximum atomic E-state index is 3.67. The Hall–Kier alpha value is -0.0800. The third kappa shape index (κ3) is 7.77. The van der Waals surface area contributed by atoms with Crippen molar-refractivity contribution in [2.45, 2.75) is 66.8 Å². The van der Waals surface area contributed by atoms with E-state index in [4.69, 9.17) is 0 Å². The third-order valence-corrected chi connectivity index (χ3v) is 3.40. The highest BCUT2D eigenvalue weighted by Gasteiger charge is 2.26. The van der Waals surface area contributed by atoms with Gasteiger partial charge in [-0.2, -0.15) is 0 Å². The van der Waals surface area contributed by atoms with E-state index in [2.05, 4.69) is 58.7 Å². The molecule has 0 rings (SSSR count). The van der Waals surface area contributed by atoms with Crippen molar-refractivity contribution in [1.82, 2.24) is 10.2 Å². The Labute approximate surface area is 109 Å².